The summed E-state index contributed by atoms with van der Waals surface area (Å²) < 4.78 is 5.23. The Kier molecular flexibility index (Phi) is 9.25. The van der Waals surface area contributed by atoms with Gasteiger partial charge in [-0.2, -0.15) is 0 Å². The fraction of sp³-hybridized carbons (Fsp3) is 0.571. The van der Waals surface area contributed by atoms with Gasteiger partial charge in [0.15, 0.2) is 0 Å². The van der Waals surface area contributed by atoms with E-state index in [9.17, 15) is 19.5 Å². The lowest BCUT2D eigenvalue weighted by Gasteiger charge is -2.45. The quantitative estimate of drug-likeness (QED) is 0.376. The highest BCUT2D eigenvalue weighted by molar-refractivity contribution is 5.87. The number of carbonyl (C=O) groups excluding carboxylic acids is 2. The number of carboxylic acids is 1. The fourth-order valence-electron chi connectivity index (χ4n) is 5.94. The Balaban J connectivity index is 1.41. The highest BCUT2D eigenvalue weighted by Crippen LogP contribution is 2.46. The van der Waals surface area contributed by atoms with Crippen LogP contribution in [0.3, 0.4) is 0 Å². The number of carboxylic acid groups (broad SMARTS) is 1. The SMILES string of the molecule is COc1ccc(C[C@@H](NC(=O)NCCc2c[nH]cn2)C(=O)N2CCC(C(=O)O)(C3CCCCC3)CC2)cc1. The first-order valence-electron chi connectivity index (χ1n) is 13.6. The first-order chi connectivity index (χ1) is 18.4. The summed E-state index contributed by atoms with van der Waals surface area (Å²) >= 11 is 0. The molecule has 4 rings (SSSR count). The largest absolute Gasteiger partial charge is 0.497 e. The minimum atomic E-state index is -0.777. The number of carbonyl (C=O) groups is 3. The number of amides is 3. The van der Waals surface area contributed by atoms with E-state index in [-0.39, 0.29) is 11.8 Å². The van der Waals surface area contributed by atoms with E-state index in [2.05, 4.69) is 20.6 Å². The van der Waals surface area contributed by atoms with Gasteiger partial charge < -0.3 is 30.4 Å². The number of aromatic nitrogens is 2. The van der Waals surface area contributed by atoms with E-state index in [1.807, 2.05) is 24.3 Å². The van der Waals surface area contributed by atoms with Gasteiger partial charge >= 0.3 is 12.0 Å². The van der Waals surface area contributed by atoms with Crippen LogP contribution in [0.1, 0.15) is 56.2 Å². The van der Waals surface area contributed by atoms with Gasteiger partial charge in [-0.3, -0.25) is 9.59 Å². The number of ether oxygens (including phenoxy) is 1. The summed E-state index contributed by atoms with van der Waals surface area (Å²) in [4.78, 5) is 47.6. The lowest BCUT2D eigenvalue weighted by molar-refractivity contribution is -0.160. The molecule has 10 heteroatoms. The number of hydrogen-bond acceptors (Lipinski definition) is 5. The third-order valence-electron chi connectivity index (χ3n) is 8.20. The number of aliphatic carboxylic acids is 1. The van der Waals surface area contributed by atoms with Crippen LogP contribution in [0.5, 0.6) is 5.75 Å². The van der Waals surface area contributed by atoms with Crippen molar-refractivity contribution in [1.82, 2.24) is 25.5 Å². The monoisotopic (exact) mass is 525 g/mol. The lowest BCUT2D eigenvalue weighted by atomic mass is 9.64. The number of urea groups is 1. The zero-order chi connectivity index (χ0) is 27.0. The zero-order valence-corrected chi connectivity index (χ0v) is 22.1. The molecule has 1 atom stereocenters. The van der Waals surface area contributed by atoms with E-state index < -0.39 is 23.5 Å². The summed E-state index contributed by atoms with van der Waals surface area (Å²) in [5.74, 6) is -0.0458. The van der Waals surface area contributed by atoms with E-state index in [1.165, 1.54) is 6.42 Å². The highest BCUT2D eigenvalue weighted by atomic mass is 16.5. The molecule has 4 N–H and O–H groups in total. The minimum Gasteiger partial charge on any atom is -0.497 e. The Labute approximate surface area is 223 Å². The number of piperidine rings is 1. The highest BCUT2D eigenvalue weighted by Gasteiger charge is 2.48. The normalized spacial score (nSPS) is 18.4. The van der Waals surface area contributed by atoms with Crippen molar-refractivity contribution >= 4 is 17.9 Å². The standard InChI is InChI=1S/C28H39N5O5/c1-38-23-9-7-20(8-10-23)17-24(32-27(37)30-14-11-22-18-29-19-31-22)25(34)33-15-12-28(13-16-33,26(35)36)21-5-3-2-4-6-21/h7-10,18-19,21,24H,2-6,11-17H2,1H3,(H,29,31)(H,35,36)(H2,30,32,37)/t24-/m1/s1. The topological polar surface area (TPSA) is 137 Å². The van der Waals surface area contributed by atoms with Gasteiger partial charge in [0.25, 0.3) is 0 Å². The molecule has 1 aromatic carbocycles. The molecule has 206 valence electrons. The second-order valence-corrected chi connectivity index (χ2v) is 10.4. The molecule has 10 nitrogen and oxygen atoms in total. The molecular formula is C28H39N5O5. The average Bonchev–Trinajstić information content (AvgIpc) is 3.47. The molecule has 38 heavy (non-hydrogen) atoms. The number of nitrogens with one attached hydrogen (secondary N) is 3. The second kappa shape index (κ2) is 12.8. The maximum absolute atomic E-state index is 13.7. The predicted molar refractivity (Wildman–Crippen MR) is 142 cm³/mol. The summed E-state index contributed by atoms with van der Waals surface area (Å²) in [6, 6.07) is 6.21. The van der Waals surface area contributed by atoms with Crippen molar-refractivity contribution in [3.63, 3.8) is 0 Å². The number of H-pyrrole nitrogens is 1. The number of likely N-dealkylation sites (tertiary alicyclic amines) is 1. The van der Waals surface area contributed by atoms with Crippen LogP contribution in [0, 0.1) is 11.3 Å². The van der Waals surface area contributed by atoms with Crippen molar-refractivity contribution in [2.75, 3.05) is 26.7 Å². The number of methoxy groups -OCH3 is 1. The molecule has 1 aromatic heterocycles. The molecule has 1 saturated carbocycles. The Hall–Kier alpha value is -3.56. The molecule has 1 saturated heterocycles. The Morgan fingerprint density at radius 2 is 1.87 bits per heavy atom. The van der Waals surface area contributed by atoms with Crippen LogP contribution in [-0.2, 0) is 22.4 Å². The molecule has 2 aromatic rings. The number of benzene rings is 1. The third-order valence-corrected chi connectivity index (χ3v) is 8.20. The number of rotatable bonds is 10. The van der Waals surface area contributed by atoms with Gasteiger partial charge in [0.05, 0.1) is 24.5 Å². The van der Waals surface area contributed by atoms with Gasteiger partial charge in [0.1, 0.15) is 11.8 Å². The van der Waals surface area contributed by atoms with Crippen molar-refractivity contribution < 1.29 is 24.2 Å². The number of imidazole rings is 1. The van der Waals surface area contributed by atoms with Crippen molar-refractivity contribution in [2.45, 2.75) is 63.8 Å². The molecule has 0 radical (unpaired) electrons. The third kappa shape index (κ3) is 6.65. The Bertz CT molecular complexity index is 1060. The van der Waals surface area contributed by atoms with Gasteiger partial charge in [-0.15, -0.1) is 0 Å². The van der Waals surface area contributed by atoms with Crippen molar-refractivity contribution in [1.29, 1.82) is 0 Å². The van der Waals surface area contributed by atoms with Crippen LogP contribution in [0.25, 0.3) is 0 Å². The van der Waals surface area contributed by atoms with E-state index in [1.54, 1.807) is 24.5 Å². The smallest absolute Gasteiger partial charge is 0.315 e. The van der Waals surface area contributed by atoms with Crippen molar-refractivity contribution in [3.05, 3.63) is 48.0 Å². The molecule has 1 aliphatic carbocycles. The van der Waals surface area contributed by atoms with Gasteiger partial charge in [0, 0.05) is 38.7 Å². The lowest BCUT2D eigenvalue weighted by Crippen LogP contribution is -2.56. The number of aromatic amines is 1. The summed E-state index contributed by atoms with van der Waals surface area (Å²) in [7, 11) is 1.59. The first kappa shape index (κ1) is 27.5. The van der Waals surface area contributed by atoms with Crippen LogP contribution < -0.4 is 15.4 Å². The average molecular weight is 526 g/mol. The summed E-state index contributed by atoms with van der Waals surface area (Å²) in [6.45, 7) is 1.14. The fourth-order valence-corrected chi connectivity index (χ4v) is 5.94. The predicted octanol–water partition coefficient (Wildman–Crippen LogP) is 3.15. The second-order valence-electron chi connectivity index (χ2n) is 10.4. The van der Waals surface area contributed by atoms with E-state index in [0.29, 0.717) is 51.1 Å². The maximum atomic E-state index is 13.7. The molecule has 2 aliphatic rings. The molecule has 3 amide bonds. The van der Waals surface area contributed by atoms with Gasteiger partial charge in [-0.1, -0.05) is 31.4 Å². The molecule has 2 fully saturated rings. The van der Waals surface area contributed by atoms with Crippen LogP contribution in [0.15, 0.2) is 36.8 Å². The Morgan fingerprint density at radius 3 is 2.47 bits per heavy atom. The molecule has 0 bridgehead atoms. The summed E-state index contributed by atoms with van der Waals surface area (Å²) in [6.07, 6.45) is 10.4. The molecule has 1 aliphatic heterocycles. The minimum absolute atomic E-state index is 0.166. The van der Waals surface area contributed by atoms with E-state index in [4.69, 9.17) is 4.74 Å². The Morgan fingerprint density at radius 1 is 1.16 bits per heavy atom. The van der Waals surface area contributed by atoms with Crippen LogP contribution >= 0.6 is 0 Å². The zero-order valence-electron chi connectivity index (χ0n) is 22.1. The summed E-state index contributed by atoms with van der Waals surface area (Å²) in [5.41, 5.74) is 0.962. The van der Waals surface area contributed by atoms with Crippen molar-refractivity contribution in [2.24, 2.45) is 11.3 Å². The number of nitrogens with zero attached hydrogens (tertiary/aromatic N) is 2. The molecular weight excluding hydrogens is 486 g/mol. The van der Waals surface area contributed by atoms with E-state index in [0.717, 1.165) is 36.9 Å². The van der Waals surface area contributed by atoms with Crippen LogP contribution in [-0.4, -0.2) is 70.7 Å². The molecule has 2 heterocycles. The summed E-state index contributed by atoms with van der Waals surface area (Å²) in [5, 5.41) is 15.9. The van der Waals surface area contributed by atoms with Gasteiger partial charge in [-0.25, -0.2) is 9.78 Å². The molecule has 0 unspecified atom stereocenters. The van der Waals surface area contributed by atoms with Crippen LogP contribution in [0.2, 0.25) is 0 Å². The van der Waals surface area contributed by atoms with E-state index >= 15 is 0 Å². The van der Waals surface area contributed by atoms with Gasteiger partial charge in [-0.05, 0) is 49.3 Å². The number of hydrogen-bond donors (Lipinski definition) is 4. The van der Waals surface area contributed by atoms with Crippen LogP contribution in [0.4, 0.5) is 4.79 Å². The maximum Gasteiger partial charge on any atom is 0.315 e. The first-order valence-corrected chi connectivity index (χ1v) is 13.6. The molecule has 0 spiro atoms. The van der Waals surface area contributed by atoms with Gasteiger partial charge in [0.2, 0.25) is 5.91 Å². The van der Waals surface area contributed by atoms with Crippen molar-refractivity contribution in [3.8, 4) is 5.75 Å².